The molecule has 13 heavy (non-hydrogen) atoms. The Morgan fingerprint density at radius 3 is 2.38 bits per heavy atom. The van der Waals surface area contributed by atoms with Crippen LogP contribution in [0.4, 0.5) is 0 Å². The quantitative estimate of drug-likeness (QED) is 0.745. The Morgan fingerprint density at radius 2 is 1.85 bits per heavy atom. The van der Waals surface area contributed by atoms with E-state index in [0.29, 0.717) is 0 Å². The average molecular weight is 180 g/mol. The van der Waals surface area contributed by atoms with Gasteiger partial charge in [0.2, 0.25) is 0 Å². The van der Waals surface area contributed by atoms with Crippen molar-refractivity contribution in [1.29, 1.82) is 0 Å². The summed E-state index contributed by atoms with van der Waals surface area (Å²) in [5.41, 5.74) is 1.64. The molecule has 1 atom stereocenters. The van der Waals surface area contributed by atoms with Gasteiger partial charge in [-0.25, -0.2) is 0 Å². The summed E-state index contributed by atoms with van der Waals surface area (Å²) < 4.78 is 0. The summed E-state index contributed by atoms with van der Waals surface area (Å²) in [7, 11) is 0. The van der Waals surface area contributed by atoms with Gasteiger partial charge in [-0.1, -0.05) is 38.1 Å². The summed E-state index contributed by atoms with van der Waals surface area (Å²) in [6, 6.07) is 7.43. The Labute approximate surface area is 78.8 Å². The van der Waals surface area contributed by atoms with Crippen molar-refractivity contribution in [2.24, 2.45) is 5.92 Å². The second kappa shape index (κ2) is 4.40. The molecule has 1 aromatic carbocycles. The minimum Gasteiger partial charge on any atom is -0.392 e. The van der Waals surface area contributed by atoms with Gasteiger partial charge in [0.15, 0.2) is 0 Å². The number of hydrogen-bond donors (Lipinski definition) is 2. The molecule has 0 radical (unpaired) electrons. The zero-order valence-corrected chi connectivity index (χ0v) is 8.07. The van der Waals surface area contributed by atoms with E-state index in [9.17, 15) is 5.11 Å². The van der Waals surface area contributed by atoms with Crippen LogP contribution in [0.3, 0.4) is 0 Å². The van der Waals surface area contributed by atoms with Crippen molar-refractivity contribution in [3.63, 3.8) is 0 Å². The van der Waals surface area contributed by atoms with Crippen molar-refractivity contribution >= 4 is 0 Å². The Balaban J connectivity index is 2.98. The van der Waals surface area contributed by atoms with Gasteiger partial charge in [-0.15, -0.1) is 0 Å². The van der Waals surface area contributed by atoms with Crippen molar-refractivity contribution < 1.29 is 10.2 Å². The van der Waals surface area contributed by atoms with Crippen LogP contribution in [0.25, 0.3) is 0 Å². The van der Waals surface area contributed by atoms with Gasteiger partial charge in [-0.05, 0) is 17.0 Å². The maximum absolute atomic E-state index is 9.80. The van der Waals surface area contributed by atoms with Gasteiger partial charge >= 0.3 is 0 Å². The number of aliphatic hydroxyl groups excluding tert-OH is 2. The average Bonchev–Trinajstić information content (AvgIpc) is 2.16. The first-order chi connectivity index (χ1) is 6.16. The smallest absolute Gasteiger partial charge is 0.0816 e. The summed E-state index contributed by atoms with van der Waals surface area (Å²) in [6.45, 7) is 3.90. The summed E-state index contributed by atoms with van der Waals surface area (Å²) in [6.07, 6.45) is -0.483. The molecule has 0 unspecified atom stereocenters. The van der Waals surface area contributed by atoms with Crippen molar-refractivity contribution in [2.75, 3.05) is 0 Å². The van der Waals surface area contributed by atoms with Crippen LogP contribution in [-0.2, 0) is 6.61 Å². The van der Waals surface area contributed by atoms with E-state index in [1.54, 1.807) is 0 Å². The number of benzene rings is 1. The predicted octanol–water partition coefficient (Wildman–Crippen LogP) is 1.87. The molecule has 2 heteroatoms. The van der Waals surface area contributed by atoms with Crippen molar-refractivity contribution in [3.8, 4) is 0 Å². The van der Waals surface area contributed by atoms with Gasteiger partial charge in [-0.3, -0.25) is 0 Å². The Bertz CT molecular complexity index is 269. The normalized spacial score (nSPS) is 13.3. The first kappa shape index (κ1) is 10.2. The summed E-state index contributed by atoms with van der Waals surface area (Å²) in [4.78, 5) is 0. The zero-order chi connectivity index (χ0) is 9.84. The molecule has 0 bridgehead atoms. The molecule has 0 fully saturated rings. The third-order valence-corrected chi connectivity index (χ3v) is 2.18. The molecule has 0 saturated heterocycles. The van der Waals surface area contributed by atoms with Crippen molar-refractivity contribution in [1.82, 2.24) is 0 Å². The predicted molar refractivity (Wildman–Crippen MR) is 52.2 cm³/mol. The van der Waals surface area contributed by atoms with Gasteiger partial charge in [0.25, 0.3) is 0 Å². The molecule has 1 aromatic rings. The maximum Gasteiger partial charge on any atom is 0.0816 e. The SMILES string of the molecule is CC(C)[C@@H](O)c1ccccc1CO. The van der Waals surface area contributed by atoms with Gasteiger partial charge in [0.05, 0.1) is 12.7 Å². The van der Waals surface area contributed by atoms with Crippen LogP contribution in [0.5, 0.6) is 0 Å². The molecule has 0 saturated carbocycles. The first-order valence-electron chi connectivity index (χ1n) is 4.53. The molecule has 0 aliphatic heterocycles. The van der Waals surface area contributed by atoms with Crippen LogP contribution in [0.1, 0.15) is 31.1 Å². The molecule has 0 amide bonds. The van der Waals surface area contributed by atoms with Crippen LogP contribution < -0.4 is 0 Å². The van der Waals surface area contributed by atoms with Gasteiger partial charge in [-0.2, -0.15) is 0 Å². The third-order valence-electron chi connectivity index (χ3n) is 2.18. The lowest BCUT2D eigenvalue weighted by Gasteiger charge is -2.17. The molecular weight excluding hydrogens is 164 g/mol. The summed E-state index contributed by atoms with van der Waals surface area (Å²) in [5, 5.41) is 18.8. The molecule has 72 valence electrons. The highest BCUT2D eigenvalue weighted by molar-refractivity contribution is 5.28. The van der Waals surface area contributed by atoms with Crippen LogP contribution >= 0.6 is 0 Å². The summed E-state index contributed by atoms with van der Waals surface area (Å²) >= 11 is 0. The van der Waals surface area contributed by atoms with Gasteiger partial charge in [0, 0.05) is 0 Å². The van der Waals surface area contributed by atoms with E-state index >= 15 is 0 Å². The second-order valence-corrected chi connectivity index (χ2v) is 3.55. The second-order valence-electron chi connectivity index (χ2n) is 3.55. The van der Waals surface area contributed by atoms with E-state index in [1.165, 1.54) is 0 Å². The largest absolute Gasteiger partial charge is 0.392 e. The van der Waals surface area contributed by atoms with Crippen LogP contribution in [-0.4, -0.2) is 10.2 Å². The fourth-order valence-electron chi connectivity index (χ4n) is 1.33. The molecule has 2 N–H and O–H groups in total. The highest BCUT2D eigenvalue weighted by Crippen LogP contribution is 2.24. The third kappa shape index (κ3) is 2.29. The Kier molecular flexibility index (Phi) is 3.46. The monoisotopic (exact) mass is 180 g/mol. The van der Waals surface area contributed by atoms with Crippen molar-refractivity contribution in [2.45, 2.75) is 26.6 Å². The minimum atomic E-state index is -0.483. The Hall–Kier alpha value is -0.860. The molecule has 2 nitrogen and oxygen atoms in total. The fraction of sp³-hybridized carbons (Fsp3) is 0.455. The van der Waals surface area contributed by atoms with E-state index in [4.69, 9.17) is 5.11 Å². The lowest BCUT2D eigenvalue weighted by Crippen LogP contribution is -2.08. The molecule has 0 aromatic heterocycles. The molecular formula is C11H16O2. The maximum atomic E-state index is 9.80. The standard InChI is InChI=1S/C11H16O2/c1-8(2)11(13)10-6-4-3-5-9(10)7-12/h3-6,8,11-13H,7H2,1-2H3/t11-/m1/s1. The molecule has 1 rings (SSSR count). The number of hydrogen-bond acceptors (Lipinski definition) is 2. The Morgan fingerprint density at radius 1 is 1.23 bits per heavy atom. The highest BCUT2D eigenvalue weighted by Gasteiger charge is 2.14. The number of aliphatic hydroxyl groups is 2. The molecule has 0 aliphatic carbocycles. The lowest BCUT2D eigenvalue weighted by molar-refractivity contribution is 0.124. The summed E-state index contributed by atoms with van der Waals surface area (Å²) in [5.74, 6) is 0.174. The van der Waals surface area contributed by atoms with Crippen LogP contribution in [0, 0.1) is 5.92 Å². The van der Waals surface area contributed by atoms with E-state index in [0.717, 1.165) is 11.1 Å². The fourth-order valence-corrected chi connectivity index (χ4v) is 1.33. The van der Waals surface area contributed by atoms with E-state index in [-0.39, 0.29) is 12.5 Å². The minimum absolute atomic E-state index is 0.0139. The van der Waals surface area contributed by atoms with Gasteiger partial charge in [0.1, 0.15) is 0 Å². The lowest BCUT2D eigenvalue weighted by atomic mass is 9.95. The van der Waals surface area contributed by atoms with Crippen molar-refractivity contribution in [3.05, 3.63) is 35.4 Å². The van der Waals surface area contributed by atoms with Crippen LogP contribution in [0.2, 0.25) is 0 Å². The topological polar surface area (TPSA) is 40.5 Å². The molecule has 0 spiro atoms. The molecule has 0 heterocycles. The van der Waals surface area contributed by atoms with Crippen LogP contribution in [0.15, 0.2) is 24.3 Å². The zero-order valence-electron chi connectivity index (χ0n) is 8.07. The first-order valence-corrected chi connectivity index (χ1v) is 4.53. The van der Waals surface area contributed by atoms with E-state index in [2.05, 4.69) is 0 Å². The van der Waals surface area contributed by atoms with E-state index in [1.807, 2.05) is 38.1 Å². The van der Waals surface area contributed by atoms with E-state index < -0.39 is 6.10 Å². The molecule has 0 aliphatic rings. The van der Waals surface area contributed by atoms with Gasteiger partial charge < -0.3 is 10.2 Å². The number of rotatable bonds is 3. The highest BCUT2D eigenvalue weighted by atomic mass is 16.3.